The van der Waals surface area contributed by atoms with Crippen LogP contribution in [0.3, 0.4) is 0 Å². The lowest BCUT2D eigenvalue weighted by Gasteiger charge is -2.24. The van der Waals surface area contributed by atoms with Crippen molar-refractivity contribution in [1.82, 2.24) is 4.90 Å². The van der Waals surface area contributed by atoms with Crippen LogP contribution in [0, 0.1) is 11.7 Å². The first-order chi connectivity index (χ1) is 8.95. The molecule has 0 fully saturated rings. The van der Waals surface area contributed by atoms with Crippen LogP contribution in [-0.4, -0.2) is 37.6 Å². The number of carbonyl (C=O) groups excluding carboxylic acids is 1. The molecule has 0 aliphatic carbocycles. The molecular formula is C14H20FNO2S. The molecule has 0 saturated heterocycles. The summed E-state index contributed by atoms with van der Waals surface area (Å²) in [6.45, 7) is 5.73. The molecule has 3 nitrogen and oxygen atoms in total. The highest BCUT2D eigenvalue weighted by atomic mass is 32.1. The average molecular weight is 285 g/mol. The van der Waals surface area contributed by atoms with Crippen LogP contribution in [0.2, 0.25) is 0 Å². The molecular weight excluding hydrogens is 265 g/mol. The number of thiol groups is 1. The van der Waals surface area contributed by atoms with E-state index in [0.29, 0.717) is 31.2 Å². The summed E-state index contributed by atoms with van der Waals surface area (Å²) in [4.78, 5) is 14.3. The molecule has 106 valence electrons. The third kappa shape index (κ3) is 4.84. The predicted octanol–water partition coefficient (Wildman–Crippen LogP) is 2.86. The van der Waals surface area contributed by atoms with Crippen molar-refractivity contribution in [3.8, 4) is 0 Å². The molecule has 0 N–H and O–H groups in total. The number of ether oxygens (including phenoxy) is 1. The van der Waals surface area contributed by atoms with Gasteiger partial charge in [-0.1, -0.05) is 13.8 Å². The summed E-state index contributed by atoms with van der Waals surface area (Å²) in [7, 11) is 1.60. The SMILES string of the molecule is COCCN(CC(C)C)C(=O)c1ccc(F)c(S)c1. The molecule has 19 heavy (non-hydrogen) atoms. The van der Waals surface area contributed by atoms with Gasteiger partial charge in [-0.2, -0.15) is 0 Å². The number of amides is 1. The van der Waals surface area contributed by atoms with Crippen molar-refractivity contribution >= 4 is 18.5 Å². The summed E-state index contributed by atoms with van der Waals surface area (Å²) in [6, 6.07) is 4.21. The van der Waals surface area contributed by atoms with Crippen molar-refractivity contribution in [1.29, 1.82) is 0 Å². The molecule has 1 rings (SSSR count). The van der Waals surface area contributed by atoms with Crippen molar-refractivity contribution < 1.29 is 13.9 Å². The second kappa shape index (κ2) is 7.50. The van der Waals surface area contributed by atoms with E-state index in [2.05, 4.69) is 12.6 Å². The monoisotopic (exact) mass is 285 g/mol. The molecule has 0 heterocycles. The summed E-state index contributed by atoms with van der Waals surface area (Å²) in [5.41, 5.74) is 0.447. The molecule has 0 bridgehead atoms. The standard InChI is InChI=1S/C14H20FNO2S/c1-10(2)9-16(6-7-18-3)14(17)11-4-5-12(15)13(19)8-11/h4-5,8,10,19H,6-7,9H2,1-3H3. The molecule has 0 aliphatic heterocycles. The van der Waals surface area contributed by atoms with Crippen molar-refractivity contribution in [2.45, 2.75) is 18.7 Å². The summed E-state index contributed by atoms with van der Waals surface area (Å²) in [6.07, 6.45) is 0. The highest BCUT2D eigenvalue weighted by molar-refractivity contribution is 7.80. The smallest absolute Gasteiger partial charge is 0.253 e. The Morgan fingerprint density at radius 2 is 2.16 bits per heavy atom. The molecule has 0 atom stereocenters. The number of methoxy groups -OCH3 is 1. The lowest BCUT2D eigenvalue weighted by atomic mass is 10.1. The summed E-state index contributed by atoms with van der Waals surface area (Å²) in [5, 5.41) is 0. The zero-order chi connectivity index (χ0) is 14.4. The first-order valence-corrected chi connectivity index (χ1v) is 6.67. The molecule has 0 unspecified atom stereocenters. The molecule has 0 radical (unpaired) electrons. The van der Waals surface area contributed by atoms with E-state index < -0.39 is 5.82 Å². The first kappa shape index (κ1) is 16.0. The van der Waals surface area contributed by atoms with Crippen LogP contribution in [0.25, 0.3) is 0 Å². The van der Waals surface area contributed by atoms with Gasteiger partial charge in [0, 0.05) is 30.7 Å². The summed E-state index contributed by atoms with van der Waals surface area (Å²) in [5.74, 6) is -0.190. The van der Waals surface area contributed by atoms with Crippen molar-refractivity contribution in [3.05, 3.63) is 29.6 Å². The Balaban J connectivity index is 2.87. The quantitative estimate of drug-likeness (QED) is 0.814. The Labute approximate surface area is 119 Å². The number of benzene rings is 1. The van der Waals surface area contributed by atoms with E-state index >= 15 is 0 Å². The van der Waals surface area contributed by atoms with Crippen molar-refractivity contribution in [3.63, 3.8) is 0 Å². The van der Waals surface area contributed by atoms with Gasteiger partial charge in [-0.05, 0) is 24.1 Å². The molecule has 0 spiro atoms. The van der Waals surface area contributed by atoms with E-state index in [-0.39, 0.29) is 10.8 Å². The largest absolute Gasteiger partial charge is 0.383 e. The normalized spacial score (nSPS) is 10.8. The Kier molecular flexibility index (Phi) is 6.31. The van der Waals surface area contributed by atoms with Gasteiger partial charge >= 0.3 is 0 Å². The Hall–Kier alpha value is -1.07. The Morgan fingerprint density at radius 3 is 2.68 bits per heavy atom. The third-order valence-corrected chi connectivity index (χ3v) is 2.97. The van der Waals surface area contributed by atoms with E-state index in [1.807, 2.05) is 13.8 Å². The van der Waals surface area contributed by atoms with Gasteiger partial charge in [-0.3, -0.25) is 4.79 Å². The maximum Gasteiger partial charge on any atom is 0.253 e. The number of nitrogens with zero attached hydrogens (tertiary/aromatic N) is 1. The minimum Gasteiger partial charge on any atom is -0.383 e. The van der Waals surface area contributed by atoms with Gasteiger partial charge in [0.1, 0.15) is 5.82 Å². The van der Waals surface area contributed by atoms with E-state index in [1.54, 1.807) is 12.0 Å². The maximum absolute atomic E-state index is 13.2. The minimum atomic E-state index is -0.424. The highest BCUT2D eigenvalue weighted by Crippen LogP contribution is 2.16. The van der Waals surface area contributed by atoms with E-state index in [0.717, 1.165) is 0 Å². The van der Waals surface area contributed by atoms with Gasteiger partial charge in [0.25, 0.3) is 5.91 Å². The Morgan fingerprint density at radius 1 is 1.47 bits per heavy atom. The lowest BCUT2D eigenvalue weighted by Crippen LogP contribution is -2.36. The number of halogens is 1. The molecule has 1 aromatic carbocycles. The summed E-state index contributed by atoms with van der Waals surface area (Å²) < 4.78 is 18.2. The molecule has 0 saturated carbocycles. The highest BCUT2D eigenvalue weighted by Gasteiger charge is 2.17. The second-order valence-corrected chi connectivity index (χ2v) is 5.29. The van der Waals surface area contributed by atoms with Gasteiger partial charge in [-0.15, -0.1) is 12.6 Å². The molecule has 0 aromatic heterocycles. The molecule has 5 heteroatoms. The number of hydrogen-bond acceptors (Lipinski definition) is 3. The average Bonchev–Trinajstić information content (AvgIpc) is 2.36. The number of rotatable bonds is 6. The topological polar surface area (TPSA) is 29.5 Å². The van der Waals surface area contributed by atoms with E-state index in [1.165, 1.54) is 18.2 Å². The molecule has 0 aliphatic rings. The fraction of sp³-hybridized carbons (Fsp3) is 0.500. The van der Waals surface area contributed by atoms with Gasteiger partial charge in [0.05, 0.1) is 6.61 Å². The first-order valence-electron chi connectivity index (χ1n) is 6.22. The van der Waals surface area contributed by atoms with Crippen LogP contribution in [0.1, 0.15) is 24.2 Å². The maximum atomic E-state index is 13.2. The fourth-order valence-electron chi connectivity index (χ4n) is 1.75. The predicted molar refractivity (Wildman–Crippen MR) is 76.3 cm³/mol. The third-order valence-electron chi connectivity index (χ3n) is 2.63. The van der Waals surface area contributed by atoms with Crippen LogP contribution in [0.15, 0.2) is 23.1 Å². The minimum absolute atomic E-state index is 0.124. The molecule has 1 aromatic rings. The van der Waals surface area contributed by atoms with Gasteiger partial charge < -0.3 is 9.64 Å². The molecule has 1 amide bonds. The van der Waals surface area contributed by atoms with E-state index in [4.69, 9.17) is 4.74 Å². The van der Waals surface area contributed by atoms with Gasteiger partial charge in [-0.25, -0.2) is 4.39 Å². The van der Waals surface area contributed by atoms with Crippen LogP contribution >= 0.6 is 12.6 Å². The van der Waals surface area contributed by atoms with Crippen LogP contribution in [-0.2, 0) is 4.74 Å². The van der Waals surface area contributed by atoms with Crippen molar-refractivity contribution in [2.24, 2.45) is 5.92 Å². The van der Waals surface area contributed by atoms with Crippen LogP contribution in [0.4, 0.5) is 4.39 Å². The zero-order valence-electron chi connectivity index (χ0n) is 11.5. The van der Waals surface area contributed by atoms with Crippen LogP contribution < -0.4 is 0 Å². The van der Waals surface area contributed by atoms with Crippen LogP contribution in [0.5, 0.6) is 0 Å². The number of hydrogen-bond donors (Lipinski definition) is 1. The Bertz CT molecular complexity index is 437. The zero-order valence-corrected chi connectivity index (χ0v) is 12.4. The summed E-state index contributed by atoms with van der Waals surface area (Å²) >= 11 is 4.00. The number of carbonyl (C=O) groups is 1. The van der Waals surface area contributed by atoms with Crippen molar-refractivity contribution in [2.75, 3.05) is 26.8 Å². The second-order valence-electron chi connectivity index (χ2n) is 4.80. The fourth-order valence-corrected chi connectivity index (χ4v) is 1.96. The van der Waals surface area contributed by atoms with E-state index in [9.17, 15) is 9.18 Å². The van der Waals surface area contributed by atoms with Gasteiger partial charge in [0.15, 0.2) is 0 Å². The van der Waals surface area contributed by atoms with Gasteiger partial charge in [0.2, 0.25) is 0 Å². The lowest BCUT2D eigenvalue weighted by molar-refractivity contribution is 0.0672.